The van der Waals surface area contributed by atoms with Gasteiger partial charge in [0.1, 0.15) is 5.75 Å². The van der Waals surface area contributed by atoms with E-state index in [0.717, 1.165) is 27.1 Å². The van der Waals surface area contributed by atoms with Crippen LogP contribution in [0.1, 0.15) is 39.3 Å². The van der Waals surface area contributed by atoms with Crippen LogP contribution in [0.3, 0.4) is 0 Å². The fourth-order valence-electron chi connectivity index (χ4n) is 2.59. The molecule has 1 heterocycles. The summed E-state index contributed by atoms with van der Waals surface area (Å²) in [6.45, 7) is 7.47. The lowest BCUT2D eigenvalue weighted by atomic mass is 9.92. The van der Waals surface area contributed by atoms with Crippen molar-refractivity contribution in [3.05, 3.63) is 39.5 Å². The van der Waals surface area contributed by atoms with Gasteiger partial charge in [0.25, 0.3) is 0 Å². The SMILES string of the molecule is CC(=O)C1=C(C)N(C)C(=S)NC1c1ccc(OC(C)C)c(Br)c1. The monoisotopic (exact) mass is 396 g/mol. The lowest BCUT2D eigenvalue weighted by molar-refractivity contribution is -0.114. The second-order valence-corrected chi connectivity index (χ2v) is 7.09. The van der Waals surface area contributed by atoms with Crippen LogP contribution < -0.4 is 10.1 Å². The summed E-state index contributed by atoms with van der Waals surface area (Å²) in [7, 11) is 1.86. The first-order valence-electron chi connectivity index (χ1n) is 7.44. The lowest BCUT2D eigenvalue weighted by Crippen LogP contribution is -2.45. The molecule has 1 atom stereocenters. The van der Waals surface area contributed by atoms with Crippen LogP contribution in [0.25, 0.3) is 0 Å². The fourth-order valence-corrected chi connectivity index (χ4v) is 3.33. The van der Waals surface area contributed by atoms with Gasteiger partial charge in [0.15, 0.2) is 10.9 Å². The number of nitrogens with one attached hydrogen (secondary N) is 1. The van der Waals surface area contributed by atoms with Crippen LogP contribution in [0.2, 0.25) is 0 Å². The molecule has 6 heteroatoms. The van der Waals surface area contributed by atoms with E-state index in [9.17, 15) is 4.79 Å². The molecule has 0 saturated heterocycles. The number of hydrogen-bond acceptors (Lipinski definition) is 3. The van der Waals surface area contributed by atoms with Gasteiger partial charge >= 0.3 is 0 Å². The van der Waals surface area contributed by atoms with Crippen LogP contribution >= 0.6 is 28.1 Å². The zero-order chi connectivity index (χ0) is 17.3. The first-order valence-corrected chi connectivity index (χ1v) is 8.64. The van der Waals surface area contributed by atoms with Crippen molar-refractivity contribution in [3.8, 4) is 5.75 Å². The summed E-state index contributed by atoms with van der Waals surface area (Å²) < 4.78 is 6.60. The summed E-state index contributed by atoms with van der Waals surface area (Å²) in [5, 5.41) is 3.86. The largest absolute Gasteiger partial charge is 0.490 e. The highest BCUT2D eigenvalue weighted by Gasteiger charge is 2.30. The van der Waals surface area contributed by atoms with Gasteiger partial charge in [-0.25, -0.2) is 0 Å². The first-order chi connectivity index (χ1) is 10.7. The second kappa shape index (κ2) is 7.01. The fraction of sp³-hybridized carbons (Fsp3) is 0.412. The third kappa shape index (κ3) is 3.75. The smallest absolute Gasteiger partial charge is 0.173 e. The molecule has 4 nitrogen and oxygen atoms in total. The molecule has 0 saturated carbocycles. The number of halogens is 1. The number of ketones is 1. The molecular weight excluding hydrogens is 376 g/mol. The number of benzene rings is 1. The zero-order valence-electron chi connectivity index (χ0n) is 13.9. The summed E-state index contributed by atoms with van der Waals surface area (Å²) in [5.41, 5.74) is 2.57. The number of Topliss-reactive ketones (excluding diaryl/α,β-unsaturated/α-hetero) is 1. The second-order valence-electron chi connectivity index (χ2n) is 5.85. The molecule has 0 spiro atoms. The Labute approximate surface area is 151 Å². The molecule has 1 aliphatic rings. The standard InChI is InChI=1S/C17H21BrN2O2S/c1-9(2)22-14-7-6-12(8-13(14)18)16-15(11(4)21)10(3)20(5)17(23)19-16/h6-9,16H,1-5H3,(H,19,23). The van der Waals surface area contributed by atoms with E-state index in [1.165, 1.54) is 0 Å². The Bertz CT molecular complexity index is 685. The molecule has 1 aliphatic heterocycles. The number of thiocarbonyl (C=S) groups is 1. The van der Waals surface area contributed by atoms with Gasteiger partial charge in [-0.05, 0) is 73.5 Å². The average molecular weight is 397 g/mol. The summed E-state index contributed by atoms with van der Waals surface area (Å²) >= 11 is 8.91. The third-order valence-electron chi connectivity index (χ3n) is 3.79. The van der Waals surface area contributed by atoms with Crippen molar-refractivity contribution >= 4 is 39.0 Å². The van der Waals surface area contributed by atoms with E-state index in [2.05, 4.69) is 21.2 Å². The molecule has 0 aliphatic carbocycles. The minimum absolute atomic E-state index is 0.0352. The van der Waals surface area contributed by atoms with E-state index in [1.54, 1.807) is 6.92 Å². The van der Waals surface area contributed by atoms with Gasteiger partial charge in [-0.2, -0.15) is 0 Å². The molecule has 0 radical (unpaired) electrons. The normalized spacial score (nSPS) is 18.3. The number of rotatable bonds is 4. The molecule has 124 valence electrons. The summed E-state index contributed by atoms with van der Waals surface area (Å²) in [4.78, 5) is 14.0. The van der Waals surface area contributed by atoms with Gasteiger partial charge < -0.3 is 15.0 Å². The Morgan fingerprint density at radius 3 is 2.61 bits per heavy atom. The van der Waals surface area contributed by atoms with Crippen molar-refractivity contribution < 1.29 is 9.53 Å². The Balaban J connectivity index is 2.45. The maximum absolute atomic E-state index is 12.1. The number of hydrogen-bond donors (Lipinski definition) is 1. The molecular formula is C17H21BrN2O2S. The van der Waals surface area contributed by atoms with E-state index in [0.29, 0.717) is 5.11 Å². The van der Waals surface area contributed by atoms with Crippen molar-refractivity contribution in [3.63, 3.8) is 0 Å². The van der Waals surface area contributed by atoms with E-state index in [4.69, 9.17) is 17.0 Å². The Morgan fingerprint density at radius 1 is 1.43 bits per heavy atom. The maximum atomic E-state index is 12.1. The Morgan fingerprint density at radius 2 is 2.09 bits per heavy atom. The highest BCUT2D eigenvalue weighted by Crippen LogP contribution is 2.34. The molecule has 1 aromatic carbocycles. The number of allylic oxidation sites excluding steroid dienone is 1. The summed E-state index contributed by atoms with van der Waals surface area (Å²) in [5.74, 6) is 0.817. The molecule has 2 rings (SSSR count). The molecule has 0 fully saturated rings. The van der Waals surface area contributed by atoms with Gasteiger partial charge in [0, 0.05) is 18.3 Å². The average Bonchev–Trinajstić information content (AvgIpc) is 2.45. The lowest BCUT2D eigenvalue weighted by Gasteiger charge is -2.35. The third-order valence-corrected chi connectivity index (χ3v) is 4.80. The van der Waals surface area contributed by atoms with E-state index >= 15 is 0 Å². The minimum Gasteiger partial charge on any atom is -0.490 e. The van der Waals surface area contributed by atoms with Crippen LogP contribution in [-0.4, -0.2) is 28.9 Å². The van der Waals surface area contributed by atoms with Gasteiger partial charge in [0.2, 0.25) is 0 Å². The highest BCUT2D eigenvalue weighted by atomic mass is 79.9. The topological polar surface area (TPSA) is 41.6 Å². The molecule has 1 N–H and O–H groups in total. The molecule has 23 heavy (non-hydrogen) atoms. The Kier molecular flexibility index (Phi) is 5.47. The van der Waals surface area contributed by atoms with E-state index in [1.807, 2.05) is 50.9 Å². The summed E-state index contributed by atoms with van der Waals surface area (Å²) in [6.07, 6.45) is 0.0982. The van der Waals surface area contributed by atoms with E-state index < -0.39 is 0 Å². The quantitative estimate of drug-likeness (QED) is 0.779. The molecule has 0 amide bonds. The van der Waals surface area contributed by atoms with Crippen LogP contribution in [0.15, 0.2) is 33.9 Å². The predicted octanol–water partition coefficient (Wildman–Crippen LogP) is 3.96. The van der Waals surface area contributed by atoms with Crippen LogP contribution in [0.5, 0.6) is 5.75 Å². The van der Waals surface area contributed by atoms with Crippen molar-refractivity contribution in [1.29, 1.82) is 0 Å². The molecule has 1 unspecified atom stereocenters. The van der Waals surface area contributed by atoms with Gasteiger partial charge in [-0.3, -0.25) is 4.79 Å². The number of carbonyl (C=O) groups is 1. The van der Waals surface area contributed by atoms with Crippen LogP contribution in [-0.2, 0) is 4.79 Å². The molecule has 1 aromatic rings. The number of carbonyl (C=O) groups excluding carboxylic acids is 1. The Hall–Kier alpha value is -1.40. The predicted molar refractivity (Wildman–Crippen MR) is 99.5 cm³/mol. The first kappa shape index (κ1) is 17.9. The van der Waals surface area contributed by atoms with Crippen molar-refractivity contribution in [2.75, 3.05) is 7.05 Å². The van der Waals surface area contributed by atoms with Crippen molar-refractivity contribution in [2.45, 2.75) is 39.8 Å². The zero-order valence-corrected chi connectivity index (χ0v) is 16.3. The minimum atomic E-state index is -0.249. The van der Waals surface area contributed by atoms with Crippen LogP contribution in [0.4, 0.5) is 0 Å². The van der Waals surface area contributed by atoms with Gasteiger partial charge in [-0.15, -0.1) is 0 Å². The van der Waals surface area contributed by atoms with Gasteiger partial charge in [-0.1, -0.05) is 6.07 Å². The summed E-state index contributed by atoms with van der Waals surface area (Å²) in [6, 6.07) is 5.60. The van der Waals surface area contributed by atoms with E-state index in [-0.39, 0.29) is 17.9 Å². The molecule has 0 bridgehead atoms. The number of ether oxygens (including phenoxy) is 1. The molecule has 0 aromatic heterocycles. The van der Waals surface area contributed by atoms with Crippen LogP contribution in [0, 0.1) is 0 Å². The number of nitrogens with zero attached hydrogens (tertiary/aromatic N) is 1. The van der Waals surface area contributed by atoms with Crippen molar-refractivity contribution in [1.82, 2.24) is 10.2 Å². The van der Waals surface area contributed by atoms with Gasteiger partial charge in [0.05, 0.1) is 16.6 Å². The van der Waals surface area contributed by atoms with Crippen molar-refractivity contribution in [2.24, 2.45) is 0 Å². The highest BCUT2D eigenvalue weighted by molar-refractivity contribution is 9.10. The maximum Gasteiger partial charge on any atom is 0.173 e.